The number of alkyl halides is 2. The van der Waals surface area contributed by atoms with Crippen LogP contribution in [0.3, 0.4) is 0 Å². The van der Waals surface area contributed by atoms with Crippen molar-refractivity contribution in [3.63, 3.8) is 0 Å². The number of thiophene rings is 1. The van der Waals surface area contributed by atoms with Gasteiger partial charge in [-0.3, -0.25) is 4.79 Å². The van der Waals surface area contributed by atoms with Gasteiger partial charge in [-0.1, -0.05) is 0 Å². The number of carbonyl (C=O) groups is 1. The van der Waals surface area contributed by atoms with Gasteiger partial charge in [-0.15, -0.1) is 11.3 Å². The summed E-state index contributed by atoms with van der Waals surface area (Å²) in [5, 5.41) is 4.17. The Kier molecular flexibility index (Phi) is 3.97. The quantitative estimate of drug-likeness (QED) is 0.783. The van der Waals surface area contributed by atoms with Crippen LogP contribution < -0.4 is 11.1 Å². The van der Waals surface area contributed by atoms with Crippen LogP contribution in [-0.4, -0.2) is 18.9 Å². The highest BCUT2D eigenvalue weighted by Gasteiger charge is 2.05. The monoisotopic (exact) mass is 220 g/mol. The molecule has 0 bridgehead atoms. The van der Waals surface area contributed by atoms with E-state index in [1.165, 1.54) is 11.3 Å². The fraction of sp³-hybridized carbons (Fsp3) is 0.375. The van der Waals surface area contributed by atoms with Gasteiger partial charge in [0.2, 0.25) is 5.91 Å². The lowest BCUT2D eigenvalue weighted by Gasteiger charge is -2.00. The molecular formula is C8H10F2N2OS. The molecule has 6 heteroatoms. The van der Waals surface area contributed by atoms with E-state index in [2.05, 4.69) is 5.32 Å². The van der Waals surface area contributed by atoms with Crippen molar-refractivity contribution < 1.29 is 13.6 Å². The smallest absolute Gasteiger partial charge is 0.250 e. The van der Waals surface area contributed by atoms with E-state index in [1.54, 1.807) is 11.4 Å². The molecule has 0 aliphatic heterocycles. The van der Waals surface area contributed by atoms with Crippen molar-refractivity contribution in [1.29, 1.82) is 0 Å². The van der Waals surface area contributed by atoms with Gasteiger partial charge in [0.25, 0.3) is 6.43 Å². The zero-order chi connectivity index (χ0) is 10.6. The molecule has 3 N–H and O–H groups in total. The van der Waals surface area contributed by atoms with Gasteiger partial charge in [0.05, 0.1) is 12.1 Å². The first kappa shape index (κ1) is 11.1. The summed E-state index contributed by atoms with van der Waals surface area (Å²) in [4.78, 5) is 11.5. The van der Waals surface area contributed by atoms with E-state index in [-0.39, 0.29) is 6.54 Å². The third-order valence-corrected chi connectivity index (χ3v) is 2.47. The predicted octanol–water partition coefficient (Wildman–Crippen LogP) is 1.20. The van der Waals surface area contributed by atoms with Gasteiger partial charge in [0, 0.05) is 16.8 Å². The zero-order valence-electron chi connectivity index (χ0n) is 7.30. The van der Waals surface area contributed by atoms with Crippen LogP contribution in [0.4, 0.5) is 8.78 Å². The van der Waals surface area contributed by atoms with Gasteiger partial charge in [0.1, 0.15) is 0 Å². The molecule has 0 aliphatic rings. The molecule has 0 atom stereocenters. The fourth-order valence-electron chi connectivity index (χ4n) is 0.907. The van der Waals surface area contributed by atoms with Gasteiger partial charge in [-0.25, -0.2) is 8.78 Å². The molecule has 1 aromatic rings. The number of rotatable bonds is 5. The van der Waals surface area contributed by atoms with E-state index in [1.807, 2.05) is 0 Å². The van der Waals surface area contributed by atoms with Gasteiger partial charge in [0.15, 0.2) is 0 Å². The van der Waals surface area contributed by atoms with Crippen LogP contribution in [0.2, 0.25) is 0 Å². The highest BCUT2D eigenvalue weighted by atomic mass is 32.1. The second kappa shape index (κ2) is 5.02. The van der Waals surface area contributed by atoms with Crippen molar-refractivity contribution in [1.82, 2.24) is 5.32 Å². The number of primary amides is 1. The van der Waals surface area contributed by atoms with Crippen LogP contribution in [-0.2, 0) is 6.54 Å². The van der Waals surface area contributed by atoms with Crippen LogP contribution in [0.5, 0.6) is 0 Å². The molecule has 0 fully saturated rings. The summed E-state index contributed by atoms with van der Waals surface area (Å²) in [6.45, 7) is -0.00785. The van der Waals surface area contributed by atoms with Crippen molar-refractivity contribution in [2.45, 2.75) is 13.0 Å². The molecule has 0 aromatic carbocycles. The number of hydrogen-bond donors (Lipinski definition) is 2. The Labute approximate surface area is 83.9 Å². The number of hydrogen-bond acceptors (Lipinski definition) is 3. The number of amides is 1. The molecule has 0 unspecified atom stereocenters. The number of nitrogens with two attached hydrogens (primary N) is 1. The first-order chi connectivity index (χ1) is 6.59. The molecule has 14 heavy (non-hydrogen) atoms. The molecule has 0 aliphatic carbocycles. The van der Waals surface area contributed by atoms with Crippen LogP contribution in [0, 0.1) is 0 Å². The van der Waals surface area contributed by atoms with Gasteiger partial charge < -0.3 is 11.1 Å². The third-order valence-electron chi connectivity index (χ3n) is 1.54. The second-order valence-corrected chi connectivity index (χ2v) is 3.68. The first-order valence-electron chi connectivity index (χ1n) is 3.95. The topological polar surface area (TPSA) is 55.1 Å². The summed E-state index contributed by atoms with van der Waals surface area (Å²) in [6, 6.07) is 1.60. The maximum Gasteiger partial charge on any atom is 0.250 e. The van der Waals surface area contributed by atoms with E-state index >= 15 is 0 Å². The Morgan fingerprint density at radius 2 is 2.36 bits per heavy atom. The standard InChI is InChI=1S/C8H10F2N2OS/c9-7(10)3-12-2-6-1-5(4-14-6)8(11)13/h1,4,7,12H,2-3H2,(H2,11,13). The summed E-state index contributed by atoms with van der Waals surface area (Å²) < 4.78 is 23.5. The maximum absolute atomic E-state index is 11.7. The number of halogens is 2. The van der Waals surface area contributed by atoms with Crippen molar-refractivity contribution >= 4 is 17.2 Å². The Hall–Kier alpha value is -1.01. The summed E-state index contributed by atoms with van der Waals surface area (Å²) in [5.74, 6) is -0.499. The molecular weight excluding hydrogens is 210 g/mol. The second-order valence-electron chi connectivity index (χ2n) is 2.69. The minimum atomic E-state index is -2.36. The number of nitrogens with one attached hydrogen (secondary N) is 1. The average molecular weight is 220 g/mol. The predicted molar refractivity (Wildman–Crippen MR) is 50.5 cm³/mol. The van der Waals surface area contributed by atoms with E-state index in [4.69, 9.17) is 5.73 Å². The molecule has 78 valence electrons. The van der Waals surface area contributed by atoms with Crippen molar-refractivity contribution in [2.24, 2.45) is 5.73 Å². The van der Waals surface area contributed by atoms with Crippen LogP contribution in [0.15, 0.2) is 11.4 Å². The van der Waals surface area contributed by atoms with Crippen LogP contribution in [0.25, 0.3) is 0 Å². The molecule has 1 rings (SSSR count). The summed E-state index contributed by atoms with van der Waals surface area (Å²) in [5.41, 5.74) is 5.45. The molecule has 0 radical (unpaired) electrons. The minimum Gasteiger partial charge on any atom is -0.366 e. The van der Waals surface area contributed by atoms with E-state index in [0.717, 1.165) is 4.88 Å². The van der Waals surface area contributed by atoms with Gasteiger partial charge in [-0.05, 0) is 6.07 Å². The molecule has 0 saturated heterocycles. The van der Waals surface area contributed by atoms with Crippen molar-refractivity contribution in [2.75, 3.05) is 6.54 Å². The lowest BCUT2D eigenvalue weighted by atomic mass is 10.3. The van der Waals surface area contributed by atoms with Crippen LogP contribution >= 0.6 is 11.3 Å². The SMILES string of the molecule is NC(=O)c1csc(CNCC(F)F)c1. The Morgan fingerprint density at radius 3 is 2.86 bits per heavy atom. The molecule has 1 heterocycles. The zero-order valence-corrected chi connectivity index (χ0v) is 8.11. The van der Waals surface area contributed by atoms with E-state index in [0.29, 0.717) is 12.1 Å². The largest absolute Gasteiger partial charge is 0.366 e. The summed E-state index contributed by atoms with van der Waals surface area (Å²) in [7, 11) is 0. The van der Waals surface area contributed by atoms with E-state index in [9.17, 15) is 13.6 Å². The maximum atomic E-state index is 11.7. The van der Waals surface area contributed by atoms with Gasteiger partial charge >= 0.3 is 0 Å². The average Bonchev–Trinajstić information content (AvgIpc) is 2.52. The molecule has 0 saturated carbocycles. The Balaban J connectivity index is 2.40. The molecule has 1 aromatic heterocycles. The third kappa shape index (κ3) is 3.39. The molecule has 1 amide bonds. The lowest BCUT2D eigenvalue weighted by Crippen LogP contribution is -2.20. The Bertz CT molecular complexity index is 314. The highest BCUT2D eigenvalue weighted by Crippen LogP contribution is 2.13. The Morgan fingerprint density at radius 1 is 1.64 bits per heavy atom. The minimum absolute atomic E-state index is 0.336. The first-order valence-corrected chi connectivity index (χ1v) is 4.83. The normalized spacial score (nSPS) is 10.8. The lowest BCUT2D eigenvalue weighted by molar-refractivity contribution is 0.100. The fourth-order valence-corrected chi connectivity index (χ4v) is 1.75. The van der Waals surface area contributed by atoms with Crippen LogP contribution in [0.1, 0.15) is 15.2 Å². The van der Waals surface area contributed by atoms with Crippen molar-refractivity contribution in [3.8, 4) is 0 Å². The van der Waals surface area contributed by atoms with Crippen molar-refractivity contribution in [3.05, 3.63) is 21.9 Å². The summed E-state index contributed by atoms with van der Waals surface area (Å²) in [6.07, 6.45) is -2.36. The van der Waals surface area contributed by atoms with E-state index < -0.39 is 12.3 Å². The molecule has 3 nitrogen and oxygen atoms in total. The number of carbonyl (C=O) groups excluding carboxylic acids is 1. The van der Waals surface area contributed by atoms with Gasteiger partial charge in [-0.2, -0.15) is 0 Å². The molecule has 0 spiro atoms. The highest BCUT2D eigenvalue weighted by molar-refractivity contribution is 7.10. The summed E-state index contributed by atoms with van der Waals surface area (Å²) >= 11 is 1.32.